The normalized spacial score (nSPS) is 13.9. The molecule has 190 valence electrons. The van der Waals surface area contributed by atoms with Crippen molar-refractivity contribution in [2.24, 2.45) is 0 Å². The minimum absolute atomic E-state index is 0.129. The molecule has 0 saturated heterocycles. The second-order valence-electron chi connectivity index (χ2n) is 7.94. The molecule has 0 fully saturated rings. The predicted octanol–water partition coefficient (Wildman–Crippen LogP) is 5.26. The number of fused-ring (bicyclic) bond motifs is 1. The van der Waals surface area contributed by atoms with Gasteiger partial charge < -0.3 is 19.5 Å². The van der Waals surface area contributed by atoms with Crippen LogP contribution in [0.15, 0.2) is 4.21 Å². The maximum absolute atomic E-state index is 13.1. The number of ether oxygens (including phenoxy) is 3. The molecule has 1 aliphatic rings. The molecule has 2 heterocycles. The van der Waals surface area contributed by atoms with Gasteiger partial charge in [0, 0.05) is 4.88 Å². The third-order valence-corrected chi connectivity index (χ3v) is 9.46. The van der Waals surface area contributed by atoms with E-state index in [1.165, 1.54) is 30.9 Å². The van der Waals surface area contributed by atoms with E-state index < -0.39 is 17.2 Å². The first-order valence-corrected chi connectivity index (χ1v) is 13.8. The summed E-state index contributed by atoms with van der Waals surface area (Å²) in [6.45, 7) is 5.23. The number of thioether (sulfide) groups is 1. The Morgan fingerprint density at radius 2 is 1.63 bits per heavy atom. The number of anilines is 1. The molecule has 1 N–H and O–H groups in total. The molecule has 0 bridgehead atoms. The summed E-state index contributed by atoms with van der Waals surface area (Å²) in [7, 11) is 2.60. The first-order valence-electron chi connectivity index (χ1n) is 11.3. The van der Waals surface area contributed by atoms with Crippen LogP contribution in [0.5, 0.6) is 0 Å². The maximum Gasteiger partial charge on any atom is 0.348 e. The van der Waals surface area contributed by atoms with E-state index in [4.69, 9.17) is 14.2 Å². The Kier molecular flexibility index (Phi) is 9.37. The maximum atomic E-state index is 13.1. The van der Waals surface area contributed by atoms with E-state index in [2.05, 4.69) is 5.32 Å². The van der Waals surface area contributed by atoms with Gasteiger partial charge in [0.15, 0.2) is 0 Å². The highest BCUT2D eigenvalue weighted by Gasteiger charge is 2.30. The molecule has 1 unspecified atom stereocenters. The van der Waals surface area contributed by atoms with Gasteiger partial charge in [-0.3, -0.25) is 4.79 Å². The van der Waals surface area contributed by atoms with Gasteiger partial charge in [0.2, 0.25) is 5.91 Å². The zero-order valence-electron chi connectivity index (χ0n) is 20.4. The fourth-order valence-corrected chi connectivity index (χ4v) is 7.81. The molecule has 2 aromatic heterocycles. The Hall–Kier alpha value is -2.37. The van der Waals surface area contributed by atoms with Crippen molar-refractivity contribution < 1.29 is 33.4 Å². The standard InChI is InChI=1S/C24H29NO7S3/c1-6-32-23(29)18-12(2)16(21(27)30-4)20(35-18)25-19(26)13(3)33-24-17(22(28)31-5)14-10-8-7-9-11-15(14)34-24/h13H,6-11H2,1-5H3,(H,25,26). The van der Waals surface area contributed by atoms with E-state index in [0.29, 0.717) is 11.1 Å². The topological polar surface area (TPSA) is 108 Å². The van der Waals surface area contributed by atoms with E-state index in [1.807, 2.05) is 0 Å². The number of aryl methyl sites for hydroxylation is 1. The lowest BCUT2D eigenvalue weighted by Gasteiger charge is -2.12. The van der Waals surface area contributed by atoms with Gasteiger partial charge in [0.1, 0.15) is 9.88 Å². The van der Waals surface area contributed by atoms with Crippen LogP contribution in [0.3, 0.4) is 0 Å². The van der Waals surface area contributed by atoms with Crippen molar-refractivity contribution in [1.82, 2.24) is 0 Å². The lowest BCUT2D eigenvalue weighted by molar-refractivity contribution is -0.115. The van der Waals surface area contributed by atoms with E-state index in [-0.39, 0.29) is 33.9 Å². The second kappa shape index (κ2) is 12.0. The summed E-state index contributed by atoms with van der Waals surface area (Å²) in [5.74, 6) is -1.97. The zero-order chi connectivity index (χ0) is 25.7. The van der Waals surface area contributed by atoms with E-state index in [0.717, 1.165) is 53.2 Å². The number of thiophene rings is 2. The Bertz CT molecular complexity index is 1130. The molecule has 3 rings (SSSR count). The summed E-state index contributed by atoms with van der Waals surface area (Å²) >= 11 is 3.82. The van der Waals surface area contributed by atoms with Crippen LogP contribution in [-0.4, -0.2) is 49.9 Å². The molecule has 0 spiro atoms. The Morgan fingerprint density at radius 1 is 0.971 bits per heavy atom. The van der Waals surface area contributed by atoms with Crippen molar-refractivity contribution in [1.29, 1.82) is 0 Å². The van der Waals surface area contributed by atoms with Crippen LogP contribution in [0.25, 0.3) is 0 Å². The SMILES string of the molecule is CCOC(=O)c1sc(NC(=O)C(C)Sc2sc3c(c2C(=O)OC)CCCCC3)c(C(=O)OC)c1C. The zero-order valence-corrected chi connectivity index (χ0v) is 22.9. The molecular weight excluding hydrogens is 510 g/mol. The highest BCUT2D eigenvalue weighted by molar-refractivity contribution is 8.02. The second-order valence-corrected chi connectivity index (χ2v) is 11.7. The highest BCUT2D eigenvalue weighted by Crippen LogP contribution is 2.42. The van der Waals surface area contributed by atoms with Gasteiger partial charge in [-0.05, 0) is 57.6 Å². The van der Waals surface area contributed by atoms with Gasteiger partial charge in [-0.1, -0.05) is 6.42 Å². The molecule has 2 aromatic rings. The summed E-state index contributed by atoms with van der Waals surface area (Å²) in [5, 5.41) is 2.42. The number of carbonyl (C=O) groups excluding carboxylic acids is 4. The van der Waals surface area contributed by atoms with Gasteiger partial charge in [-0.25, -0.2) is 14.4 Å². The molecule has 35 heavy (non-hydrogen) atoms. The number of esters is 3. The number of carbonyl (C=O) groups is 4. The van der Waals surface area contributed by atoms with Crippen LogP contribution in [0.1, 0.15) is 79.5 Å². The van der Waals surface area contributed by atoms with Crippen molar-refractivity contribution in [3.8, 4) is 0 Å². The van der Waals surface area contributed by atoms with Crippen molar-refractivity contribution in [2.75, 3.05) is 26.1 Å². The number of nitrogens with one attached hydrogen (secondary N) is 1. The predicted molar refractivity (Wildman–Crippen MR) is 137 cm³/mol. The van der Waals surface area contributed by atoms with Crippen LogP contribution < -0.4 is 5.32 Å². The van der Waals surface area contributed by atoms with Gasteiger partial charge in [-0.15, -0.1) is 34.4 Å². The number of methoxy groups -OCH3 is 2. The fourth-order valence-electron chi connectivity index (χ4n) is 3.88. The van der Waals surface area contributed by atoms with Crippen LogP contribution in [0, 0.1) is 6.92 Å². The minimum atomic E-state index is -0.653. The summed E-state index contributed by atoms with van der Waals surface area (Å²) < 4.78 is 15.8. The first kappa shape index (κ1) is 27.2. The third-order valence-electron chi connectivity index (χ3n) is 5.67. The summed E-state index contributed by atoms with van der Waals surface area (Å²) in [6, 6.07) is 0. The average Bonchev–Trinajstić information content (AvgIpc) is 3.24. The number of hydrogen-bond acceptors (Lipinski definition) is 10. The Labute approximate surface area is 216 Å². The molecule has 1 amide bonds. The molecule has 0 radical (unpaired) electrons. The smallest absolute Gasteiger partial charge is 0.348 e. The fraction of sp³-hybridized carbons (Fsp3) is 0.500. The van der Waals surface area contributed by atoms with Gasteiger partial charge in [-0.2, -0.15) is 0 Å². The molecule has 11 heteroatoms. The van der Waals surface area contributed by atoms with E-state index >= 15 is 0 Å². The number of rotatable bonds is 8. The highest BCUT2D eigenvalue weighted by atomic mass is 32.2. The summed E-state index contributed by atoms with van der Waals surface area (Å²) in [5.41, 5.74) is 2.12. The van der Waals surface area contributed by atoms with Gasteiger partial charge in [0.25, 0.3) is 0 Å². The molecule has 1 aliphatic carbocycles. The summed E-state index contributed by atoms with van der Waals surface area (Å²) in [6.07, 6.45) is 4.96. The molecule has 8 nitrogen and oxygen atoms in total. The average molecular weight is 540 g/mol. The molecular formula is C24H29NO7S3. The largest absolute Gasteiger partial charge is 0.465 e. The van der Waals surface area contributed by atoms with Crippen molar-refractivity contribution >= 4 is 63.3 Å². The summed E-state index contributed by atoms with van der Waals surface area (Å²) in [4.78, 5) is 51.9. The lowest BCUT2D eigenvalue weighted by Crippen LogP contribution is -2.23. The van der Waals surface area contributed by atoms with Crippen LogP contribution in [0.4, 0.5) is 5.00 Å². The number of amides is 1. The Balaban J connectivity index is 1.87. The van der Waals surface area contributed by atoms with E-state index in [1.54, 1.807) is 32.1 Å². The molecule has 0 aromatic carbocycles. The minimum Gasteiger partial charge on any atom is -0.465 e. The van der Waals surface area contributed by atoms with Gasteiger partial charge in [0.05, 0.1) is 41.4 Å². The lowest BCUT2D eigenvalue weighted by atomic mass is 10.1. The van der Waals surface area contributed by atoms with Gasteiger partial charge >= 0.3 is 17.9 Å². The Morgan fingerprint density at radius 3 is 2.29 bits per heavy atom. The van der Waals surface area contributed by atoms with Crippen LogP contribution in [0.2, 0.25) is 0 Å². The van der Waals surface area contributed by atoms with Crippen LogP contribution >= 0.6 is 34.4 Å². The van der Waals surface area contributed by atoms with Crippen molar-refractivity contribution in [3.05, 3.63) is 32.0 Å². The molecule has 0 aliphatic heterocycles. The molecule has 0 saturated carbocycles. The van der Waals surface area contributed by atoms with Crippen molar-refractivity contribution in [3.63, 3.8) is 0 Å². The number of hydrogen-bond donors (Lipinski definition) is 1. The van der Waals surface area contributed by atoms with E-state index in [9.17, 15) is 19.2 Å². The quantitative estimate of drug-likeness (QED) is 0.210. The molecule has 1 atom stereocenters. The van der Waals surface area contributed by atoms with Crippen LogP contribution in [-0.2, 0) is 31.8 Å². The van der Waals surface area contributed by atoms with Crippen molar-refractivity contribution in [2.45, 2.75) is 62.3 Å². The third kappa shape index (κ3) is 5.90. The first-order chi connectivity index (χ1) is 16.7. The monoisotopic (exact) mass is 539 g/mol.